The number of hydrogen-bond acceptors (Lipinski definition) is 2. The average Bonchev–Trinajstić information content (AvgIpc) is 2.55. The van der Waals surface area contributed by atoms with Crippen molar-refractivity contribution >= 4 is 11.9 Å². The van der Waals surface area contributed by atoms with Gasteiger partial charge in [-0.05, 0) is 45.6 Å². The zero-order valence-electron chi connectivity index (χ0n) is 14.2. The van der Waals surface area contributed by atoms with Gasteiger partial charge in [0.2, 0.25) is 5.91 Å². The molecule has 0 unspecified atom stereocenters. The minimum absolute atomic E-state index is 0.000265. The van der Waals surface area contributed by atoms with Gasteiger partial charge in [0.15, 0.2) is 0 Å². The highest BCUT2D eigenvalue weighted by Gasteiger charge is 2.27. The number of piperidine rings is 1. The zero-order valence-corrected chi connectivity index (χ0v) is 14.2. The number of nitrogens with one attached hydrogen (secondary N) is 2. The Kier molecular flexibility index (Phi) is 6.02. The summed E-state index contributed by atoms with van der Waals surface area (Å²) in [6.07, 6.45) is 3.25. The fourth-order valence-electron chi connectivity index (χ4n) is 3.00. The molecule has 3 atom stereocenters. The molecule has 0 spiro atoms. The van der Waals surface area contributed by atoms with Crippen LogP contribution in [0.15, 0.2) is 30.3 Å². The quantitative estimate of drug-likeness (QED) is 0.897. The third kappa shape index (κ3) is 4.71. The fourth-order valence-corrected chi connectivity index (χ4v) is 3.00. The van der Waals surface area contributed by atoms with Crippen molar-refractivity contribution in [2.24, 2.45) is 0 Å². The number of hydrogen-bond donors (Lipinski definition) is 2. The predicted molar refractivity (Wildman–Crippen MR) is 91.0 cm³/mol. The SMILES string of the molecule is C[C@H](NC(=O)N[C@@H](C)c1ccccc1)C(=O)N1CCCC[C@@H]1C. The Labute approximate surface area is 138 Å². The van der Waals surface area contributed by atoms with Gasteiger partial charge in [0.05, 0.1) is 6.04 Å². The molecule has 1 aromatic carbocycles. The topological polar surface area (TPSA) is 61.4 Å². The molecule has 2 N–H and O–H groups in total. The summed E-state index contributed by atoms with van der Waals surface area (Å²) in [6, 6.07) is 9.08. The van der Waals surface area contributed by atoms with Crippen LogP contribution in [0.1, 0.15) is 51.6 Å². The van der Waals surface area contributed by atoms with Crippen molar-refractivity contribution in [1.29, 1.82) is 0 Å². The maximum absolute atomic E-state index is 12.5. The summed E-state index contributed by atoms with van der Waals surface area (Å²) >= 11 is 0. The summed E-state index contributed by atoms with van der Waals surface area (Å²) in [5.41, 5.74) is 1.03. The fraction of sp³-hybridized carbons (Fsp3) is 0.556. The van der Waals surface area contributed by atoms with Gasteiger partial charge in [-0.2, -0.15) is 0 Å². The molecule has 1 aromatic rings. The van der Waals surface area contributed by atoms with E-state index in [4.69, 9.17) is 0 Å². The van der Waals surface area contributed by atoms with Crippen LogP contribution in [0, 0.1) is 0 Å². The lowest BCUT2D eigenvalue weighted by Gasteiger charge is -2.35. The van der Waals surface area contributed by atoms with Crippen molar-refractivity contribution < 1.29 is 9.59 Å². The Morgan fingerprint density at radius 1 is 1.13 bits per heavy atom. The van der Waals surface area contributed by atoms with Crippen LogP contribution in [0.3, 0.4) is 0 Å². The van der Waals surface area contributed by atoms with E-state index >= 15 is 0 Å². The van der Waals surface area contributed by atoms with Crippen molar-refractivity contribution in [3.05, 3.63) is 35.9 Å². The van der Waals surface area contributed by atoms with Crippen LogP contribution in [0.25, 0.3) is 0 Å². The Bertz CT molecular complexity index is 532. The number of rotatable bonds is 4. The van der Waals surface area contributed by atoms with Gasteiger partial charge in [0.25, 0.3) is 0 Å². The number of amides is 3. The maximum Gasteiger partial charge on any atom is 0.315 e. The lowest BCUT2D eigenvalue weighted by molar-refractivity contribution is -0.136. The van der Waals surface area contributed by atoms with E-state index in [2.05, 4.69) is 17.6 Å². The number of likely N-dealkylation sites (tertiary alicyclic amines) is 1. The first kappa shape index (κ1) is 17.3. The summed E-state index contributed by atoms with van der Waals surface area (Å²) < 4.78 is 0. The van der Waals surface area contributed by atoms with E-state index in [0.29, 0.717) is 0 Å². The highest BCUT2D eigenvalue weighted by Crippen LogP contribution is 2.17. The summed E-state index contributed by atoms with van der Waals surface area (Å²) in [6.45, 7) is 6.53. The Morgan fingerprint density at radius 3 is 2.48 bits per heavy atom. The molecule has 1 heterocycles. The Balaban J connectivity index is 1.85. The first-order valence-corrected chi connectivity index (χ1v) is 8.41. The highest BCUT2D eigenvalue weighted by atomic mass is 16.2. The van der Waals surface area contributed by atoms with Gasteiger partial charge in [0, 0.05) is 12.6 Å². The monoisotopic (exact) mass is 317 g/mol. The highest BCUT2D eigenvalue weighted by molar-refractivity contribution is 5.87. The van der Waals surface area contributed by atoms with Gasteiger partial charge >= 0.3 is 6.03 Å². The van der Waals surface area contributed by atoms with E-state index in [1.807, 2.05) is 42.2 Å². The number of benzene rings is 1. The summed E-state index contributed by atoms with van der Waals surface area (Å²) in [5, 5.41) is 5.63. The van der Waals surface area contributed by atoms with Crippen LogP contribution in [-0.4, -0.2) is 35.5 Å². The summed E-state index contributed by atoms with van der Waals surface area (Å²) in [4.78, 5) is 26.5. The van der Waals surface area contributed by atoms with Crippen molar-refractivity contribution in [3.8, 4) is 0 Å². The van der Waals surface area contributed by atoms with Crippen molar-refractivity contribution in [2.75, 3.05) is 6.54 Å². The van der Waals surface area contributed by atoms with E-state index in [0.717, 1.165) is 24.9 Å². The minimum Gasteiger partial charge on any atom is -0.338 e. The van der Waals surface area contributed by atoms with Crippen LogP contribution >= 0.6 is 0 Å². The van der Waals surface area contributed by atoms with Crippen LogP contribution in [0.5, 0.6) is 0 Å². The molecule has 0 radical (unpaired) electrons. The number of carbonyl (C=O) groups excluding carboxylic acids is 2. The standard InChI is InChI=1S/C18H27N3O2/c1-13-9-7-8-12-21(13)17(22)15(3)20-18(23)19-14(2)16-10-5-4-6-11-16/h4-6,10-11,13-15H,7-9,12H2,1-3H3,(H2,19,20,23)/t13-,14-,15-/m0/s1. The Morgan fingerprint density at radius 2 is 1.83 bits per heavy atom. The van der Waals surface area contributed by atoms with Gasteiger partial charge in [-0.15, -0.1) is 0 Å². The summed E-state index contributed by atoms with van der Waals surface area (Å²) in [7, 11) is 0. The van der Waals surface area contributed by atoms with Gasteiger partial charge < -0.3 is 15.5 Å². The first-order chi connectivity index (χ1) is 11.0. The van der Waals surface area contributed by atoms with E-state index < -0.39 is 6.04 Å². The molecular weight excluding hydrogens is 290 g/mol. The third-order valence-corrected chi connectivity index (χ3v) is 4.45. The van der Waals surface area contributed by atoms with E-state index in [-0.39, 0.29) is 24.0 Å². The molecule has 23 heavy (non-hydrogen) atoms. The van der Waals surface area contributed by atoms with Crippen molar-refractivity contribution in [1.82, 2.24) is 15.5 Å². The summed E-state index contributed by atoms with van der Waals surface area (Å²) in [5.74, 6) is -0.000265. The largest absolute Gasteiger partial charge is 0.338 e. The van der Waals surface area contributed by atoms with Gasteiger partial charge in [-0.1, -0.05) is 30.3 Å². The normalized spacial score (nSPS) is 20.5. The van der Waals surface area contributed by atoms with Crippen LogP contribution in [0.4, 0.5) is 4.79 Å². The maximum atomic E-state index is 12.5. The van der Waals surface area contributed by atoms with Crippen LogP contribution in [0.2, 0.25) is 0 Å². The number of urea groups is 1. The first-order valence-electron chi connectivity index (χ1n) is 8.41. The predicted octanol–water partition coefficient (Wildman–Crippen LogP) is 2.84. The van der Waals surface area contributed by atoms with Crippen molar-refractivity contribution in [2.45, 2.75) is 58.2 Å². The van der Waals surface area contributed by atoms with Gasteiger partial charge in [-0.3, -0.25) is 4.79 Å². The molecule has 0 aromatic heterocycles. The second kappa shape index (κ2) is 7.99. The van der Waals surface area contributed by atoms with E-state index in [1.165, 1.54) is 6.42 Å². The molecule has 2 rings (SSSR count). The van der Waals surface area contributed by atoms with Crippen LogP contribution in [-0.2, 0) is 4.79 Å². The second-order valence-corrected chi connectivity index (χ2v) is 6.35. The van der Waals surface area contributed by atoms with E-state index in [1.54, 1.807) is 6.92 Å². The van der Waals surface area contributed by atoms with Crippen LogP contribution < -0.4 is 10.6 Å². The smallest absolute Gasteiger partial charge is 0.315 e. The van der Waals surface area contributed by atoms with E-state index in [9.17, 15) is 9.59 Å². The molecule has 5 heteroatoms. The lowest BCUT2D eigenvalue weighted by Crippen LogP contribution is -2.53. The Hall–Kier alpha value is -2.04. The van der Waals surface area contributed by atoms with Gasteiger partial charge in [-0.25, -0.2) is 4.79 Å². The molecule has 0 aliphatic carbocycles. The molecule has 1 aliphatic heterocycles. The third-order valence-electron chi connectivity index (χ3n) is 4.45. The zero-order chi connectivity index (χ0) is 16.8. The molecule has 0 saturated carbocycles. The number of carbonyl (C=O) groups is 2. The lowest BCUT2D eigenvalue weighted by atomic mass is 10.0. The second-order valence-electron chi connectivity index (χ2n) is 6.35. The molecule has 1 aliphatic rings. The van der Waals surface area contributed by atoms with Gasteiger partial charge in [0.1, 0.15) is 6.04 Å². The van der Waals surface area contributed by atoms with Crippen molar-refractivity contribution in [3.63, 3.8) is 0 Å². The molecule has 5 nitrogen and oxygen atoms in total. The average molecular weight is 317 g/mol. The number of nitrogens with zero attached hydrogens (tertiary/aromatic N) is 1. The molecule has 3 amide bonds. The molecule has 126 valence electrons. The molecule has 1 saturated heterocycles. The molecule has 1 fully saturated rings. The molecular formula is C18H27N3O2. The minimum atomic E-state index is -0.515. The molecule has 0 bridgehead atoms.